The lowest BCUT2D eigenvalue weighted by Crippen LogP contribution is -2.44. The summed E-state index contributed by atoms with van der Waals surface area (Å²) in [6.45, 7) is 7.55. The number of anilines is 1. The van der Waals surface area contributed by atoms with E-state index >= 15 is 0 Å². The van der Waals surface area contributed by atoms with Crippen LogP contribution in [0.4, 0.5) is 5.69 Å². The van der Waals surface area contributed by atoms with E-state index in [1.165, 1.54) is 11.3 Å². The van der Waals surface area contributed by atoms with Gasteiger partial charge < -0.3 is 20.6 Å². The van der Waals surface area contributed by atoms with Crippen LogP contribution in [0.15, 0.2) is 58.9 Å². The van der Waals surface area contributed by atoms with E-state index in [0.29, 0.717) is 19.0 Å². The van der Waals surface area contributed by atoms with Crippen LogP contribution in [-0.2, 0) is 12.1 Å². The predicted molar refractivity (Wildman–Crippen MR) is 115 cm³/mol. The van der Waals surface area contributed by atoms with Gasteiger partial charge in [0.2, 0.25) is 0 Å². The zero-order valence-corrected chi connectivity index (χ0v) is 16.8. The molecule has 0 radical (unpaired) electrons. The lowest BCUT2D eigenvalue weighted by atomic mass is 10.1. The van der Waals surface area contributed by atoms with Crippen molar-refractivity contribution in [1.82, 2.24) is 10.6 Å². The first-order chi connectivity index (χ1) is 13.1. The third-order valence-electron chi connectivity index (χ3n) is 4.51. The summed E-state index contributed by atoms with van der Waals surface area (Å²) in [4.78, 5) is 7.96. The fourth-order valence-corrected chi connectivity index (χ4v) is 3.77. The Hall–Kier alpha value is -2.31. The molecule has 0 spiro atoms. The number of rotatable bonds is 7. The van der Waals surface area contributed by atoms with E-state index in [1.807, 2.05) is 31.4 Å². The van der Waals surface area contributed by atoms with Gasteiger partial charge in [-0.15, -0.1) is 11.3 Å². The smallest absolute Gasteiger partial charge is 0.191 e. The Labute approximate surface area is 165 Å². The lowest BCUT2D eigenvalue weighted by molar-refractivity contribution is 0.0655. The predicted octanol–water partition coefficient (Wildman–Crippen LogP) is 3.09. The molecule has 2 aromatic rings. The average Bonchev–Trinajstić information content (AvgIpc) is 3.38. The van der Waals surface area contributed by atoms with Gasteiger partial charge >= 0.3 is 0 Å². The van der Waals surface area contributed by atoms with Gasteiger partial charge in [0.15, 0.2) is 5.96 Å². The van der Waals surface area contributed by atoms with Crippen molar-refractivity contribution in [3.05, 3.63) is 64.4 Å². The second kappa shape index (κ2) is 9.06. The molecule has 3 rings (SSSR count). The minimum atomic E-state index is -0.924. The minimum Gasteiger partial charge on any atom is -0.383 e. The van der Waals surface area contributed by atoms with Crippen molar-refractivity contribution >= 4 is 23.0 Å². The summed E-state index contributed by atoms with van der Waals surface area (Å²) in [5.74, 6) is 0.711. The van der Waals surface area contributed by atoms with Crippen LogP contribution in [0.5, 0.6) is 0 Å². The number of thiophene rings is 1. The highest BCUT2D eigenvalue weighted by Crippen LogP contribution is 2.24. The van der Waals surface area contributed by atoms with Gasteiger partial charge in [-0.1, -0.05) is 30.4 Å². The van der Waals surface area contributed by atoms with Gasteiger partial charge in [-0.05, 0) is 43.0 Å². The summed E-state index contributed by atoms with van der Waals surface area (Å²) in [6, 6.07) is 12.4. The van der Waals surface area contributed by atoms with E-state index in [0.717, 1.165) is 24.5 Å². The lowest BCUT2D eigenvalue weighted by Gasteiger charge is -2.23. The van der Waals surface area contributed by atoms with Crippen LogP contribution in [0, 0.1) is 0 Å². The first-order valence-corrected chi connectivity index (χ1v) is 10.2. The van der Waals surface area contributed by atoms with Crippen LogP contribution in [0.2, 0.25) is 0 Å². The molecule has 0 saturated heterocycles. The molecule has 3 N–H and O–H groups in total. The zero-order valence-electron chi connectivity index (χ0n) is 16.0. The maximum atomic E-state index is 10.7. The molecule has 1 atom stereocenters. The van der Waals surface area contributed by atoms with Gasteiger partial charge in [0.1, 0.15) is 5.60 Å². The molecule has 1 aliphatic rings. The molecule has 0 bridgehead atoms. The van der Waals surface area contributed by atoms with Crippen molar-refractivity contribution in [1.29, 1.82) is 0 Å². The highest BCUT2D eigenvalue weighted by atomic mass is 32.1. The normalized spacial score (nSPS) is 16.4. The molecular formula is C21H28N4OS. The van der Waals surface area contributed by atoms with Gasteiger partial charge in [0.05, 0.1) is 13.1 Å². The van der Waals surface area contributed by atoms with Crippen molar-refractivity contribution in [2.45, 2.75) is 26.0 Å². The van der Waals surface area contributed by atoms with Crippen LogP contribution in [0.1, 0.15) is 24.3 Å². The van der Waals surface area contributed by atoms with Crippen LogP contribution in [0.25, 0.3) is 0 Å². The van der Waals surface area contributed by atoms with Crippen LogP contribution < -0.4 is 15.5 Å². The molecule has 0 fully saturated rings. The second-order valence-electron chi connectivity index (χ2n) is 6.85. The van der Waals surface area contributed by atoms with E-state index in [-0.39, 0.29) is 0 Å². The van der Waals surface area contributed by atoms with Crippen molar-refractivity contribution in [2.24, 2.45) is 4.99 Å². The van der Waals surface area contributed by atoms with E-state index in [9.17, 15) is 5.11 Å². The fraction of sp³-hybridized carbons (Fsp3) is 0.381. The maximum Gasteiger partial charge on any atom is 0.191 e. The molecular weight excluding hydrogens is 356 g/mol. The summed E-state index contributed by atoms with van der Waals surface area (Å²) in [7, 11) is 0. The summed E-state index contributed by atoms with van der Waals surface area (Å²) >= 11 is 1.56. The third kappa shape index (κ3) is 5.34. The third-order valence-corrected chi connectivity index (χ3v) is 5.63. The Kier molecular flexibility index (Phi) is 6.53. The Morgan fingerprint density at radius 2 is 2.04 bits per heavy atom. The molecule has 144 valence electrons. The second-order valence-corrected chi connectivity index (χ2v) is 7.79. The summed E-state index contributed by atoms with van der Waals surface area (Å²) in [5.41, 5.74) is 1.47. The minimum absolute atomic E-state index is 0.402. The summed E-state index contributed by atoms with van der Waals surface area (Å²) in [6.07, 6.45) is 4.38. The van der Waals surface area contributed by atoms with E-state index < -0.39 is 5.60 Å². The number of nitrogens with zero attached hydrogens (tertiary/aromatic N) is 2. The number of nitrogens with one attached hydrogen (secondary N) is 2. The molecule has 2 heterocycles. The zero-order chi connectivity index (χ0) is 19.1. The van der Waals surface area contributed by atoms with E-state index in [4.69, 9.17) is 0 Å². The number of aliphatic hydroxyl groups is 1. The van der Waals surface area contributed by atoms with Crippen LogP contribution >= 0.6 is 11.3 Å². The Balaban J connectivity index is 1.62. The standard InChI is InChI=1S/C21H28N4OS/c1-3-22-20(24-16-21(2,26)19-10-7-13-27-19)23-15-17-8-6-9-18(14-17)25-11-4-5-12-25/h4-10,13-14,26H,3,11-12,15-16H2,1-2H3,(H2,22,23,24). The molecule has 27 heavy (non-hydrogen) atoms. The number of hydrogen-bond acceptors (Lipinski definition) is 4. The highest BCUT2D eigenvalue weighted by Gasteiger charge is 2.24. The fourth-order valence-electron chi connectivity index (χ4n) is 2.98. The first kappa shape index (κ1) is 19.5. The molecule has 1 unspecified atom stereocenters. The molecule has 5 nitrogen and oxygen atoms in total. The molecule has 1 aromatic heterocycles. The topological polar surface area (TPSA) is 59.9 Å². The molecule has 6 heteroatoms. The van der Waals surface area contributed by atoms with Crippen LogP contribution in [-0.4, -0.2) is 37.2 Å². The Morgan fingerprint density at radius 1 is 1.22 bits per heavy atom. The Bertz CT molecular complexity index is 775. The highest BCUT2D eigenvalue weighted by molar-refractivity contribution is 7.10. The van der Waals surface area contributed by atoms with Gasteiger partial charge in [-0.2, -0.15) is 0 Å². The SMILES string of the molecule is CCNC(=NCc1cccc(N2CC=CC2)c1)NCC(C)(O)c1cccs1. The number of guanidine groups is 1. The van der Waals surface area contributed by atoms with Crippen molar-refractivity contribution in [3.63, 3.8) is 0 Å². The molecule has 0 saturated carbocycles. The van der Waals surface area contributed by atoms with Crippen molar-refractivity contribution in [3.8, 4) is 0 Å². The van der Waals surface area contributed by atoms with Gasteiger partial charge in [0, 0.05) is 30.2 Å². The summed E-state index contributed by atoms with van der Waals surface area (Å²) in [5, 5.41) is 19.2. The molecule has 1 aliphatic heterocycles. The van der Waals surface area contributed by atoms with E-state index in [2.05, 4.69) is 56.9 Å². The molecule has 0 amide bonds. The maximum absolute atomic E-state index is 10.7. The quantitative estimate of drug-likeness (QED) is 0.390. The summed E-state index contributed by atoms with van der Waals surface area (Å²) < 4.78 is 0. The van der Waals surface area contributed by atoms with Crippen molar-refractivity contribution in [2.75, 3.05) is 31.1 Å². The van der Waals surface area contributed by atoms with Crippen LogP contribution in [0.3, 0.4) is 0 Å². The monoisotopic (exact) mass is 384 g/mol. The molecule has 1 aromatic carbocycles. The number of hydrogen-bond donors (Lipinski definition) is 3. The average molecular weight is 385 g/mol. The number of benzene rings is 1. The first-order valence-electron chi connectivity index (χ1n) is 9.36. The van der Waals surface area contributed by atoms with Gasteiger partial charge in [-0.25, -0.2) is 4.99 Å². The van der Waals surface area contributed by atoms with Crippen molar-refractivity contribution < 1.29 is 5.11 Å². The largest absolute Gasteiger partial charge is 0.383 e. The Morgan fingerprint density at radius 3 is 2.74 bits per heavy atom. The van der Waals surface area contributed by atoms with E-state index in [1.54, 1.807) is 11.3 Å². The molecule has 0 aliphatic carbocycles. The van der Waals surface area contributed by atoms with Gasteiger partial charge in [-0.3, -0.25) is 0 Å². The number of aliphatic imine (C=N–C) groups is 1. The van der Waals surface area contributed by atoms with Gasteiger partial charge in [0.25, 0.3) is 0 Å².